The van der Waals surface area contributed by atoms with E-state index in [1.807, 2.05) is 0 Å². The van der Waals surface area contributed by atoms with E-state index in [0.717, 1.165) is 5.56 Å². The maximum Gasteiger partial charge on any atom is 0.303 e. The van der Waals surface area contributed by atoms with Crippen LogP contribution in [-0.2, 0) is 14.4 Å². The summed E-state index contributed by atoms with van der Waals surface area (Å²) in [6.45, 7) is -0.264. The van der Waals surface area contributed by atoms with Crippen molar-refractivity contribution in [2.45, 2.75) is 18.9 Å². The predicted molar refractivity (Wildman–Crippen MR) is 83.1 cm³/mol. The number of nitrogens with two attached hydrogens (primary N) is 1. The fraction of sp³-hybridized carbons (Fsp3) is 0.267. The molecule has 1 aromatic rings. The minimum atomic E-state index is -1.04. The highest BCUT2D eigenvalue weighted by molar-refractivity contribution is 5.88. The molecule has 0 radical (unpaired) electrons. The average molecular weight is 321 g/mol. The number of amides is 2. The van der Waals surface area contributed by atoms with Crippen LogP contribution in [0.3, 0.4) is 0 Å². The van der Waals surface area contributed by atoms with Gasteiger partial charge >= 0.3 is 5.97 Å². The zero-order chi connectivity index (χ0) is 17.2. The lowest BCUT2D eigenvalue weighted by Gasteiger charge is -2.10. The standard InChI is InChI=1S/C15H19N3O5/c16-12(5-6-14(21)22)15(23)18-9-13(20)17-8-7-10-1-3-11(19)4-2-10/h1-4,7-8,12,19H,5-6,9,16H2,(H,17,20)(H,18,23)(H,21,22)/b8-7+/t12-/m0/s1. The predicted octanol–water partition coefficient (Wildman–Crippen LogP) is -0.213. The topological polar surface area (TPSA) is 142 Å². The summed E-state index contributed by atoms with van der Waals surface area (Å²) in [7, 11) is 0. The van der Waals surface area contributed by atoms with Crippen molar-refractivity contribution in [3.8, 4) is 5.75 Å². The number of hydrogen-bond acceptors (Lipinski definition) is 5. The molecule has 0 unspecified atom stereocenters. The summed E-state index contributed by atoms with van der Waals surface area (Å²) in [6.07, 6.45) is 2.82. The van der Waals surface area contributed by atoms with Gasteiger partial charge in [-0.15, -0.1) is 0 Å². The number of carboxylic acid groups (broad SMARTS) is 1. The van der Waals surface area contributed by atoms with Crippen molar-refractivity contribution in [2.24, 2.45) is 5.73 Å². The van der Waals surface area contributed by atoms with Crippen LogP contribution in [0.15, 0.2) is 30.5 Å². The van der Waals surface area contributed by atoms with Crippen molar-refractivity contribution < 1.29 is 24.6 Å². The summed E-state index contributed by atoms with van der Waals surface area (Å²) in [5.41, 5.74) is 6.28. The number of aliphatic carboxylic acids is 1. The average Bonchev–Trinajstić information content (AvgIpc) is 2.52. The number of aromatic hydroxyl groups is 1. The Bertz CT molecular complexity index is 583. The number of carbonyl (C=O) groups excluding carboxylic acids is 2. The molecular weight excluding hydrogens is 302 g/mol. The number of nitrogens with one attached hydrogen (secondary N) is 2. The van der Waals surface area contributed by atoms with Gasteiger partial charge in [0.2, 0.25) is 11.8 Å². The molecule has 0 heterocycles. The SMILES string of the molecule is N[C@@H](CCC(=O)O)C(=O)NCC(=O)N/C=C/c1ccc(O)cc1. The highest BCUT2D eigenvalue weighted by Gasteiger charge is 2.15. The Morgan fingerprint density at radius 1 is 1.22 bits per heavy atom. The van der Waals surface area contributed by atoms with E-state index in [2.05, 4.69) is 10.6 Å². The fourth-order valence-electron chi connectivity index (χ4n) is 1.58. The van der Waals surface area contributed by atoms with E-state index in [-0.39, 0.29) is 25.1 Å². The number of rotatable bonds is 8. The molecular formula is C15H19N3O5. The third-order valence-electron chi connectivity index (χ3n) is 2.84. The Morgan fingerprint density at radius 2 is 1.87 bits per heavy atom. The van der Waals surface area contributed by atoms with E-state index in [1.165, 1.54) is 18.3 Å². The molecule has 0 aromatic heterocycles. The van der Waals surface area contributed by atoms with Gasteiger partial charge in [0, 0.05) is 12.6 Å². The normalized spacial score (nSPS) is 11.9. The molecule has 0 spiro atoms. The molecule has 0 saturated carbocycles. The zero-order valence-electron chi connectivity index (χ0n) is 12.4. The van der Waals surface area contributed by atoms with E-state index in [9.17, 15) is 14.4 Å². The van der Waals surface area contributed by atoms with Crippen LogP contribution in [0, 0.1) is 0 Å². The van der Waals surface area contributed by atoms with E-state index in [4.69, 9.17) is 15.9 Å². The minimum Gasteiger partial charge on any atom is -0.508 e. The second-order valence-corrected chi connectivity index (χ2v) is 4.75. The summed E-state index contributed by atoms with van der Waals surface area (Å²) in [6, 6.07) is 5.40. The molecule has 1 atom stereocenters. The van der Waals surface area contributed by atoms with Crippen molar-refractivity contribution >= 4 is 23.9 Å². The third kappa shape index (κ3) is 7.63. The molecule has 8 heteroatoms. The fourth-order valence-corrected chi connectivity index (χ4v) is 1.58. The number of carbonyl (C=O) groups is 3. The van der Waals surface area contributed by atoms with E-state index >= 15 is 0 Å². The highest BCUT2D eigenvalue weighted by atomic mass is 16.4. The van der Waals surface area contributed by atoms with E-state index in [0.29, 0.717) is 0 Å². The van der Waals surface area contributed by atoms with Crippen LogP contribution in [-0.4, -0.2) is 40.6 Å². The van der Waals surface area contributed by atoms with Crippen molar-refractivity contribution in [3.63, 3.8) is 0 Å². The smallest absolute Gasteiger partial charge is 0.303 e. The van der Waals surface area contributed by atoms with Crippen molar-refractivity contribution in [3.05, 3.63) is 36.0 Å². The molecule has 6 N–H and O–H groups in total. The van der Waals surface area contributed by atoms with Gasteiger partial charge in [-0.3, -0.25) is 14.4 Å². The molecule has 1 aromatic carbocycles. The second kappa shape index (κ2) is 9.21. The van der Waals surface area contributed by atoms with Gasteiger partial charge in [-0.25, -0.2) is 0 Å². The van der Waals surface area contributed by atoms with Gasteiger partial charge in [-0.1, -0.05) is 12.1 Å². The first-order valence-electron chi connectivity index (χ1n) is 6.88. The summed E-state index contributed by atoms with van der Waals surface area (Å²) in [5, 5.41) is 22.4. The largest absolute Gasteiger partial charge is 0.508 e. The lowest BCUT2D eigenvalue weighted by Crippen LogP contribution is -2.44. The van der Waals surface area contributed by atoms with Crippen LogP contribution in [0.25, 0.3) is 6.08 Å². The van der Waals surface area contributed by atoms with Gasteiger partial charge in [-0.2, -0.15) is 0 Å². The Balaban J connectivity index is 2.29. The van der Waals surface area contributed by atoms with Gasteiger partial charge in [0.1, 0.15) is 5.75 Å². The molecule has 0 bridgehead atoms. The molecule has 124 valence electrons. The molecule has 23 heavy (non-hydrogen) atoms. The van der Waals surface area contributed by atoms with Crippen LogP contribution in [0.1, 0.15) is 18.4 Å². The van der Waals surface area contributed by atoms with Crippen molar-refractivity contribution in [2.75, 3.05) is 6.54 Å². The molecule has 0 aliphatic carbocycles. The molecule has 2 amide bonds. The van der Waals surface area contributed by atoms with Gasteiger partial charge in [0.25, 0.3) is 0 Å². The third-order valence-corrected chi connectivity index (χ3v) is 2.84. The molecule has 8 nitrogen and oxygen atoms in total. The molecule has 0 saturated heterocycles. The minimum absolute atomic E-state index is 0.00351. The maximum atomic E-state index is 11.5. The summed E-state index contributed by atoms with van der Waals surface area (Å²) < 4.78 is 0. The molecule has 1 rings (SSSR count). The Kier molecular flexibility index (Phi) is 7.28. The number of phenolic OH excluding ortho intramolecular Hbond substituents is 1. The number of hydrogen-bond donors (Lipinski definition) is 5. The van der Waals surface area contributed by atoms with Gasteiger partial charge < -0.3 is 26.6 Å². The van der Waals surface area contributed by atoms with Crippen LogP contribution in [0.2, 0.25) is 0 Å². The molecule has 0 fully saturated rings. The Labute approximate surface area is 133 Å². The molecule has 0 aliphatic heterocycles. The van der Waals surface area contributed by atoms with Crippen LogP contribution >= 0.6 is 0 Å². The first-order chi connectivity index (χ1) is 10.9. The van der Waals surface area contributed by atoms with Crippen LogP contribution in [0.5, 0.6) is 5.75 Å². The summed E-state index contributed by atoms with van der Waals surface area (Å²) in [5.74, 6) is -1.92. The Morgan fingerprint density at radius 3 is 2.48 bits per heavy atom. The van der Waals surface area contributed by atoms with Gasteiger partial charge in [0.05, 0.1) is 12.6 Å². The number of benzene rings is 1. The summed E-state index contributed by atoms with van der Waals surface area (Å²) in [4.78, 5) is 33.4. The number of phenols is 1. The van der Waals surface area contributed by atoms with Crippen molar-refractivity contribution in [1.82, 2.24) is 10.6 Å². The summed E-state index contributed by atoms with van der Waals surface area (Å²) >= 11 is 0. The van der Waals surface area contributed by atoms with Gasteiger partial charge in [0.15, 0.2) is 0 Å². The lowest BCUT2D eigenvalue weighted by molar-refractivity contribution is -0.137. The first-order valence-corrected chi connectivity index (χ1v) is 6.88. The first kappa shape index (κ1) is 18.2. The van der Waals surface area contributed by atoms with E-state index in [1.54, 1.807) is 18.2 Å². The van der Waals surface area contributed by atoms with Crippen LogP contribution in [0.4, 0.5) is 0 Å². The number of carboxylic acids is 1. The molecule has 0 aliphatic rings. The van der Waals surface area contributed by atoms with E-state index < -0.39 is 23.8 Å². The highest BCUT2D eigenvalue weighted by Crippen LogP contribution is 2.10. The Hall–Kier alpha value is -2.87. The quantitative estimate of drug-likeness (QED) is 0.448. The monoisotopic (exact) mass is 321 g/mol. The maximum absolute atomic E-state index is 11.5. The zero-order valence-corrected chi connectivity index (χ0v) is 12.4. The second-order valence-electron chi connectivity index (χ2n) is 4.75. The van der Waals surface area contributed by atoms with Crippen LogP contribution < -0.4 is 16.4 Å². The lowest BCUT2D eigenvalue weighted by atomic mass is 10.1. The van der Waals surface area contributed by atoms with Crippen molar-refractivity contribution in [1.29, 1.82) is 0 Å². The van der Waals surface area contributed by atoms with Gasteiger partial charge in [-0.05, 0) is 30.2 Å².